The number of hydrazine groups is 1. The summed E-state index contributed by atoms with van der Waals surface area (Å²) in [7, 11) is 1.90. The van der Waals surface area contributed by atoms with Crippen molar-refractivity contribution in [3.05, 3.63) is 12.2 Å². The fourth-order valence-electron chi connectivity index (χ4n) is 1.34. The van der Waals surface area contributed by atoms with Crippen LogP contribution in [0.25, 0.3) is 0 Å². The second-order valence-electron chi connectivity index (χ2n) is 4.30. The number of rotatable bonds is 7. The summed E-state index contributed by atoms with van der Waals surface area (Å²) in [6.07, 6.45) is 2.39. The molecule has 92 valence electrons. The first-order chi connectivity index (χ1) is 7.63. The Morgan fingerprint density at radius 2 is 2.25 bits per heavy atom. The molecule has 0 radical (unpaired) electrons. The minimum atomic E-state index is 0.256. The molecule has 3 N–H and O–H groups in total. The van der Waals surface area contributed by atoms with E-state index in [4.69, 9.17) is 5.84 Å². The average Bonchev–Trinajstić information content (AvgIpc) is 2.62. The van der Waals surface area contributed by atoms with E-state index >= 15 is 0 Å². The van der Waals surface area contributed by atoms with Crippen LogP contribution in [-0.2, 0) is 13.5 Å². The standard InChI is InChI=1S/C10H21N5S/c1-8(2)5-16-6-9(14-11)4-10-12-7-13-15(10)3/h7-9,14H,4-6,11H2,1-3H3. The van der Waals surface area contributed by atoms with Gasteiger partial charge in [-0.2, -0.15) is 16.9 Å². The van der Waals surface area contributed by atoms with Gasteiger partial charge in [0, 0.05) is 25.3 Å². The van der Waals surface area contributed by atoms with Crippen molar-refractivity contribution in [2.75, 3.05) is 11.5 Å². The third kappa shape index (κ3) is 4.51. The summed E-state index contributed by atoms with van der Waals surface area (Å²) in [6, 6.07) is 0.256. The van der Waals surface area contributed by atoms with Gasteiger partial charge in [-0.1, -0.05) is 13.8 Å². The van der Waals surface area contributed by atoms with Crippen LogP contribution in [0.2, 0.25) is 0 Å². The van der Waals surface area contributed by atoms with Crippen molar-refractivity contribution in [1.29, 1.82) is 0 Å². The number of nitrogens with zero attached hydrogens (tertiary/aromatic N) is 3. The van der Waals surface area contributed by atoms with E-state index in [1.54, 1.807) is 11.0 Å². The van der Waals surface area contributed by atoms with Gasteiger partial charge in [-0.05, 0) is 11.7 Å². The van der Waals surface area contributed by atoms with Crippen LogP contribution in [0.5, 0.6) is 0 Å². The predicted molar refractivity (Wildman–Crippen MR) is 68.0 cm³/mol. The summed E-state index contributed by atoms with van der Waals surface area (Å²) in [6.45, 7) is 4.45. The van der Waals surface area contributed by atoms with Gasteiger partial charge in [0.1, 0.15) is 12.2 Å². The number of hydrogen-bond donors (Lipinski definition) is 2. The number of nitrogens with two attached hydrogens (primary N) is 1. The highest BCUT2D eigenvalue weighted by Crippen LogP contribution is 2.10. The first-order valence-electron chi connectivity index (χ1n) is 5.50. The molecule has 5 nitrogen and oxygen atoms in total. The zero-order valence-corrected chi connectivity index (χ0v) is 11.0. The molecule has 0 saturated heterocycles. The minimum Gasteiger partial charge on any atom is -0.271 e. The van der Waals surface area contributed by atoms with Gasteiger partial charge in [0.25, 0.3) is 0 Å². The third-order valence-electron chi connectivity index (χ3n) is 2.24. The summed E-state index contributed by atoms with van der Waals surface area (Å²) in [4.78, 5) is 4.19. The lowest BCUT2D eigenvalue weighted by atomic mass is 10.2. The number of aromatic nitrogens is 3. The van der Waals surface area contributed by atoms with Gasteiger partial charge in [-0.25, -0.2) is 4.98 Å². The smallest absolute Gasteiger partial charge is 0.138 e. The van der Waals surface area contributed by atoms with Crippen LogP contribution in [-0.4, -0.2) is 32.3 Å². The van der Waals surface area contributed by atoms with Gasteiger partial charge in [0.15, 0.2) is 0 Å². The molecule has 0 bridgehead atoms. The lowest BCUT2D eigenvalue weighted by Crippen LogP contribution is -2.39. The Balaban J connectivity index is 2.35. The van der Waals surface area contributed by atoms with E-state index in [-0.39, 0.29) is 6.04 Å². The van der Waals surface area contributed by atoms with Crippen molar-refractivity contribution in [3.8, 4) is 0 Å². The fraction of sp³-hybridized carbons (Fsp3) is 0.800. The van der Waals surface area contributed by atoms with Crippen LogP contribution in [0.4, 0.5) is 0 Å². The zero-order chi connectivity index (χ0) is 12.0. The van der Waals surface area contributed by atoms with Crippen LogP contribution < -0.4 is 11.3 Å². The van der Waals surface area contributed by atoms with E-state index in [1.165, 1.54) is 0 Å². The Bertz CT molecular complexity index is 299. The first kappa shape index (κ1) is 13.5. The van der Waals surface area contributed by atoms with E-state index in [1.807, 2.05) is 18.8 Å². The highest BCUT2D eigenvalue weighted by atomic mass is 32.2. The summed E-state index contributed by atoms with van der Waals surface area (Å²) < 4.78 is 1.79. The molecule has 1 unspecified atom stereocenters. The van der Waals surface area contributed by atoms with Gasteiger partial charge < -0.3 is 0 Å². The monoisotopic (exact) mass is 243 g/mol. The molecule has 1 atom stereocenters. The van der Waals surface area contributed by atoms with Crippen LogP contribution >= 0.6 is 11.8 Å². The quantitative estimate of drug-likeness (QED) is 0.541. The maximum absolute atomic E-state index is 5.54. The molecule has 0 aliphatic rings. The maximum Gasteiger partial charge on any atom is 0.138 e. The Morgan fingerprint density at radius 1 is 1.50 bits per heavy atom. The van der Waals surface area contributed by atoms with Gasteiger partial charge in [0.05, 0.1) is 0 Å². The molecule has 1 aromatic heterocycles. The summed E-state index contributed by atoms with van der Waals surface area (Å²) >= 11 is 1.92. The lowest BCUT2D eigenvalue weighted by molar-refractivity contribution is 0.543. The highest BCUT2D eigenvalue weighted by Gasteiger charge is 2.11. The van der Waals surface area contributed by atoms with E-state index in [0.717, 1.165) is 29.7 Å². The number of nitrogens with one attached hydrogen (secondary N) is 1. The molecule has 1 rings (SSSR count). The molecule has 0 fully saturated rings. The first-order valence-corrected chi connectivity index (χ1v) is 6.65. The number of hydrogen-bond acceptors (Lipinski definition) is 5. The average molecular weight is 243 g/mol. The van der Waals surface area contributed by atoms with Crippen molar-refractivity contribution in [2.24, 2.45) is 18.8 Å². The second kappa shape index (κ2) is 6.88. The van der Waals surface area contributed by atoms with Crippen molar-refractivity contribution in [2.45, 2.75) is 26.3 Å². The van der Waals surface area contributed by atoms with Crippen molar-refractivity contribution >= 4 is 11.8 Å². The Labute approximate surface area is 101 Å². The van der Waals surface area contributed by atoms with Crippen molar-refractivity contribution in [3.63, 3.8) is 0 Å². The normalized spacial score (nSPS) is 13.3. The Morgan fingerprint density at radius 3 is 2.75 bits per heavy atom. The van der Waals surface area contributed by atoms with E-state index < -0.39 is 0 Å². The molecule has 0 spiro atoms. The van der Waals surface area contributed by atoms with Gasteiger partial charge in [-0.3, -0.25) is 16.0 Å². The summed E-state index contributed by atoms with van der Waals surface area (Å²) in [5, 5.41) is 4.04. The van der Waals surface area contributed by atoms with Gasteiger partial charge in [0.2, 0.25) is 0 Å². The lowest BCUT2D eigenvalue weighted by Gasteiger charge is -2.15. The second-order valence-corrected chi connectivity index (χ2v) is 5.37. The molecule has 0 aliphatic carbocycles. The Hall–Kier alpha value is -0.590. The molecular formula is C10H21N5S. The van der Waals surface area contributed by atoms with Crippen LogP contribution in [0.15, 0.2) is 6.33 Å². The van der Waals surface area contributed by atoms with Crippen LogP contribution in [0, 0.1) is 5.92 Å². The van der Waals surface area contributed by atoms with Crippen LogP contribution in [0.1, 0.15) is 19.7 Å². The molecule has 6 heteroatoms. The molecular weight excluding hydrogens is 222 g/mol. The van der Waals surface area contributed by atoms with E-state index in [0.29, 0.717) is 0 Å². The predicted octanol–water partition coefficient (Wildman–Crippen LogP) is 0.579. The zero-order valence-electron chi connectivity index (χ0n) is 10.2. The maximum atomic E-state index is 5.54. The topological polar surface area (TPSA) is 68.8 Å². The minimum absolute atomic E-state index is 0.256. The molecule has 0 aliphatic heterocycles. The number of thioether (sulfide) groups is 1. The number of aryl methyl sites for hydroxylation is 1. The van der Waals surface area contributed by atoms with E-state index in [2.05, 4.69) is 29.4 Å². The van der Waals surface area contributed by atoms with Gasteiger partial charge in [-0.15, -0.1) is 0 Å². The molecule has 0 saturated carbocycles. The highest BCUT2D eigenvalue weighted by molar-refractivity contribution is 7.99. The van der Waals surface area contributed by atoms with Crippen LogP contribution in [0.3, 0.4) is 0 Å². The SMILES string of the molecule is CC(C)CSCC(Cc1ncnn1C)NN. The molecule has 1 aromatic rings. The molecule has 1 heterocycles. The summed E-state index contributed by atoms with van der Waals surface area (Å²) in [5.41, 5.74) is 2.84. The molecule has 0 aromatic carbocycles. The molecule has 16 heavy (non-hydrogen) atoms. The third-order valence-corrected chi connectivity index (χ3v) is 3.78. The van der Waals surface area contributed by atoms with Gasteiger partial charge >= 0.3 is 0 Å². The van der Waals surface area contributed by atoms with Crippen molar-refractivity contribution in [1.82, 2.24) is 20.2 Å². The van der Waals surface area contributed by atoms with Crippen molar-refractivity contribution < 1.29 is 0 Å². The molecule has 0 amide bonds. The largest absolute Gasteiger partial charge is 0.271 e. The van der Waals surface area contributed by atoms with E-state index in [9.17, 15) is 0 Å². The Kier molecular flexibility index (Phi) is 5.79. The fourth-order valence-corrected chi connectivity index (χ4v) is 2.44. The summed E-state index contributed by atoms with van der Waals surface area (Å²) in [5.74, 6) is 9.39.